The number of hydrogen-bond acceptors (Lipinski definition) is 8. The van der Waals surface area contributed by atoms with Gasteiger partial charge in [0.25, 0.3) is 0 Å². The molecule has 0 unspecified atom stereocenters. The molecule has 1 aliphatic heterocycles. The zero-order valence-corrected chi connectivity index (χ0v) is 30.0. The first-order valence-electron chi connectivity index (χ1n) is 18.0. The zero-order valence-electron chi connectivity index (χ0n) is 30.0. The molecule has 3 N–H and O–H groups in total. The summed E-state index contributed by atoms with van der Waals surface area (Å²) in [7, 11) is 0. The Balaban J connectivity index is 1.09. The van der Waals surface area contributed by atoms with E-state index < -0.39 is 0 Å². The molecular weight excluding hydrogens is 644 g/mol. The largest absolute Gasteiger partial charge is 0.491 e. The van der Waals surface area contributed by atoms with Crippen LogP contribution in [0.25, 0.3) is 11.3 Å². The van der Waals surface area contributed by atoms with Gasteiger partial charge in [0.2, 0.25) is 5.95 Å². The normalized spacial score (nSPS) is 20.5. The van der Waals surface area contributed by atoms with Gasteiger partial charge in [-0.2, -0.15) is 5.10 Å². The van der Waals surface area contributed by atoms with Crippen LogP contribution < -0.4 is 25.0 Å². The van der Waals surface area contributed by atoms with Crippen LogP contribution in [0.15, 0.2) is 72.9 Å². The molecule has 4 heterocycles. The first-order valence-corrected chi connectivity index (χ1v) is 18.0. The highest BCUT2D eigenvalue weighted by Crippen LogP contribution is 2.39. The van der Waals surface area contributed by atoms with Gasteiger partial charge >= 0.3 is 6.03 Å². The highest BCUT2D eigenvalue weighted by molar-refractivity contribution is 5.89. The van der Waals surface area contributed by atoms with Crippen LogP contribution in [0, 0.1) is 0 Å². The number of nitrogens with one attached hydrogen (secondary N) is 2. The minimum Gasteiger partial charge on any atom is -0.491 e. The standard InChI is InChI=1S/C39H48N8O4/c1-25-10-8-11-26(2)46(25)38-43-42-35-19-16-29(24-45(35)38)51-33-18-17-32(30-14-6-7-15-31(30)33)40-37(49)41-36-23-34(39(3,4)5)44-47(36)27-12-9-13-28(22-27)50-21-20-48/h6-7,9,12-16,19,22-26,32-33,48H,8,10-11,17-18,20-21H2,1-5H3,(H2,40,41,49)/t25-,26+,32-,33+/m0/s1. The molecular formula is C39H48N8O4. The van der Waals surface area contributed by atoms with Gasteiger partial charge in [-0.3, -0.25) is 9.72 Å². The molecule has 4 atom stereocenters. The Bertz CT molecular complexity index is 1990. The number of ether oxygens (including phenoxy) is 2. The van der Waals surface area contributed by atoms with E-state index in [0.717, 1.165) is 59.1 Å². The summed E-state index contributed by atoms with van der Waals surface area (Å²) in [4.78, 5) is 16.0. The second-order valence-corrected chi connectivity index (χ2v) is 14.7. The van der Waals surface area contributed by atoms with Gasteiger partial charge in [0.15, 0.2) is 5.65 Å². The molecule has 5 aromatic rings. The number of carbonyl (C=O) groups excluding carboxylic acids is 1. The number of hydrogen-bond donors (Lipinski definition) is 3. The first-order chi connectivity index (χ1) is 24.6. The fourth-order valence-electron chi connectivity index (χ4n) is 7.32. The van der Waals surface area contributed by atoms with E-state index in [0.29, 0.717) is 30.1 Å². The van der Waals surface area contributed by atoms with Crippen LogP contribution in [-0.4, -0.2) is 60.8 Å². The smallest absolute Gasteiger partial charge is 0.320 e. The molecule has 1 saturated heterocycles. The Morgan fingerprint density at radius 1 is 0.922 bits per heavy atom. The monoisotopic (exact) mass is 692 g/mol. The summed E-state index contributed by atoms with van der Waals surface area (Å²) in [5.74, 6) is 2.75. The van der Waals surface area contributed by atoms with E-state index in [2.05, 4.69) is 72.5 Å². The average molecular weight is 693 g/mol. The molecule has 2 amide bonds. The summed E-state index contributed by atoms with van der Waals surface area (Å²) >= 11 is 0. The number of benzene rings is 2. The molecule has 3 aromatic heterocycles. The SMILES string of the molecule is C[C@@H]1CCC[C@H](C)N1c1nnc2ccc(O[C@@H]3CC[C@H](NC(=O)Nc4cc(C(C)(C)C)nn4-c4cccc(OCCO)c4)c4ccccc43)cn12. The molecule has 1 fully saturated rings. The molecule has 12 heteroatoms. The van der Waals surface area contributed by atoms with Gasteiger partial charge in [0, 0.05) is 29.6 Å². The lowest BCUT2D eigenvalue weighted by Crippen LogP contribution is -2.44. The van der Waals surface area contributed by atoms with Crippen LogP contribution in [0.1, 0.15) is 95.7 Å². The lowest BCUT2D eigenvalue weighted by molar-refractivity contribution is 0.171. The van der Waals surface area contributed by atoms with Crippen molar-refractivity contribution in [1.29, 1.82) is 0 Å². The van der Waals surface area contributed by atoms with Gasteiger partial charge in [0.1, 0.15) is 30.0 Å². The van der Waals surface area contributed by atoms with Crippen LogP contribution in [-0.2, 0) is 5.41 Å². The van der Waals surface area contributed by atoms with Gasteiger partial charge < -0.3 is 24.8 Å². The molecule has 0 radical (unpaired) electrons. The number of rotatable bonds is 9. The van der Waals surface area contributed by atoms with E-state index in [1.165, 1.54) is 6.42 Å². The van der Waals surface area contributed by atoms with E-state index in [-0.39, 0.29) is 36.8 Å². The molecule has 0 spiro atoms. The fourth-order valence-corrected chi connectivity index (χ4v) is 7.32. The first kappa shape index (κ1) is 34.4. The number of aliphatic hydroxyl groups is 1. The second-order valence-electron chi connectivity index (χ2n) is 14.7. The van der Waals surface area contributed by atoms with Crippen molar-refractivity contribution in [1.82, 2.24) is 29.7 Å². The lowest BCUT2D eigenvalue weighted by Gasteiger charge is -2.39. The second kappa shape index (κ2) is 14.3. The van der Waals surface area contributed by atoms with Crippen LogP contribution in [0.2, 0.25) is 0 Å². The number of carbonyl (C=O) groups is 1. The summed E-state index contributed by atoms with van der Waals surface area (Å²) in [6.07, 6.45) is 6.75. The van der Waals surface area contributed by atoms with E-state index in [1.807, 2.05) is 65.2 Å². The molecule has 0 saturated carbocycles. The van der Waals surface area contributed by atoms with Crippen LogP contribution >= 0.6 is 0 Å². The summed E-state index contributed by atoms with van der Waals surface area (Å²) in [6, 6.07) is 21.7. The number of aromatic nitrogens is 5. The van der Waals surface area contributed by atoms with Crippen molar-refractivity contribution in [3.05, 3.63) is 89.7 Å². The predicted molar refractivity (Wildman–Crippen MR) is 197 cm³/mol. The van der Waals surface area contributed by atoms with Crippen molar-refractivity contribution in [3.8, 4) is 17.2 Å². The summed E-state index contributed by atoms with van der Waals surface area (Å²) in [5, 5.41) is 29.4. The Morgan fingerprint density at radius 3 is 2.47 bits per heavy atom. The zero-order chi connectivity index (χ0) is 35.7. The molecule has 0 bridgehead atoms. The van der Waals surface area contributed by atoms with Gasteiger partial charge in [0.05, 0.1) is 30.2 Å². The third-order valence-electron chi connectivity index (χ3n) is 9.94. The summed E-state index contributed by atoms with van der Waals surface area (Å²) < 4.78 is 16.1. The minimum atomic E-state index is -0.324. The number of nitrogens with zero attached hydrogens (tertiary/aromatic N) is 6. The third-order valence-corrected chi connectivity index (χ3v) is 9.94. The summed E-state index contributed by atoms with van der Waals surface area (Å²) in [5.41, 5.74) is 4.20. The average Bonchev–Trinajstić information content (AvgIpc) is 3.73. The molecule has 2 aliphatic rings. The van der Waals surface area contributed by atoms with Crippen molar-refractivity contribution in [2.24, 2.45) is 0 Å². The van der Waals surface area contributed by atoms with E-state index >= 15 is 0 Å². The van der Waals surface area contributed by atoms with Gasteiger partial charge in [-0.25, -0.2) is 9.48 Å². The highest BCUT2D eigenvalue weighted by Gasteiger charge is 2.31. The molecule has 1 aliphatic carbocycles. The number of urea groups is 1. The number of amides is 2. The Hall–Kier alpha value is -5.10. The maximum Gasteiger partial charge on any atom is 0.320 e. The van der Waals surface area contributed by atoms with Crippen LogP contribution in [0.4, 0.5) is 16.6 Å². The minimum absolute atomic E-state index is 0.0816. The van der Waals surface area contributed by atoms with Gasteiger partial charge in [-0.15, -0.1) is 10.2 Å². The molecule has 51 heavy (non-hydrogen) atoms. The van der Waals surface area contributed by atoms with Crippen LogP contribution in [0.5, 0.6) is 11.5 Å². The molecule has 268 valence electrons. The highest BCUT2D eigenvalue weighted by atomic mass is 16.5. The third kappa shape index (κ3) is 7.23. The Labute approximate surface area is 298 Å². The van der Waals surface area contributed by atoms with E-state index in [4.69, 9.17) is 14.6 Å². The number of aliphatic hydroxyl groups excluding tert-OH is 1. The van der Waals surface area contributed by atoms with Crippen molar-refractivity contribution in [2.45, 2.75) is 96.4 Å². The summed E-state index contributed by atoms with van der Waals surface area (Å²) in [6.45, 7) is 10.9. The number of piperidine rings is 1. The quantitative estimate of drug-likeness (QED) is 0.149. The number of anilines is 2. The van der Waals surface area contributed by atoms with Crippen molar-refractivity contribution in [3.63, 3.8) is 0 Å². The van der Waals surface area contributed by atoms with Gasteiger partial charge in [-0.1, -0.05) is 51.1 Å². The van der Waals surface area contributed by atoms with Crippen molar-refractivity contribution < 1.29 is 19.4 Å². The van der Waals surface area contributed by atoms with E-state index in [1.54, 1.807) is 4.68 Å². The van der Waals surface area contributed by atoms with Gasteiger partial charge in [-0.05, 0) is 81.3 Å². The van der Waals surface area contributed by atoms with Crippen LogP contribution in [0.3, 0.4) is 0 Å². The number of pyridine rings is 1. The molecule has 7 rings (SSSR count). The van der Waals surface area contributed by atoms with E-state index in [9.17, 15) is 9.90 Å². The Kier molecular flexibility index (Phi) is 9.61. The lowest BCUT2D eigenvalue weighted by atomic mass is 9.85. The molecule has 2 aromatic carbocycles. The predicted octanol–water partition coefficient (Wildman–Crippen LogP) is 7.13. The maximum atomic E-state index is 13.7. The Morgan fingerprint density at radius 2 is 1.71 bits per heavy atom. The maximum absolute atomic E-state index is 13.7. The number of fused-ring (bicyclic) bond motifs is 2. The van der Waals surface area contributed by atoms with Crippen molar-refractivity contribution >= 4 is 23.4 Å². The fraction of sp³-hybridized carbons (Fsp3) is 0.436. The molecule has 12 nitrogen and oxygen atoms in total. The topological polar surface area (TPSA) is 131 Å². The van der Waals surface area contributed by atoms with Crippen molar-refractivity contribution in [2.75, 3.05) is 23.4 Å².